The summed E-state index contributed by atoms with van der Waals surface area (Å²) in [6.07, 6.45) is 2.15. The van der Waals surface area contributed by atoms with Crippen LogP contribution >= 0.6 is 0 Å². The minimum atomic E-state index is -0.959. The van der Waals surface area contributed by atoms with Crippen molar-refractivity contribution in [3.05, 3.63) is 0 Å². The van der Waals surface area contributed by atoms with E-state index < -0.39 is 18.0 Å². The molecular weight excluding hydrogens is 274 g/mol. The molecule has 1 unspecified atom stereocenters. The minimum absolute atomic E-state index is 0.0734. The summed E-state index contributed by atoms with van der Waals surface area (Å²) in [7, 11) is 0. The van der Waals surface area contributed by atoms with Gasteiger partial charge in [-0.25, -0.2) is 4.79 Å². The van der Waals surface area contributed by atoms with E-state index in [1.165, 1.54) is 0 Å². The zero-order valence-corrected chi connectivity index (χ0v) is 12.9. The van der Waals surface area contributed by atoms with Gasteiger partial charge in [0.25, 0.3) is 0 Å². The number of hydrogen-bond acceptors (Lipinski definition) is 3. The van der Waals surface area contributed by atoms with E-state index in [9.17, 15) is 14.4 Å². The van der Waals surface area contributed by atoms with Crippen LogP contribution < -0.4 is 16.0 Å². The highest BCUT2D eigenvalue weighted by Crippen LogP contribution is 2.21. The van der Waals surface area contributed by atoms with Crippen molar-refractivity contribution in [3.63, 3.8) is 0 Å². The van der Waals surface area contributed by atoms with E-state index in [0.717, 1.165) is 12.8 Å². The van der Waals surface area contributed by atoms with Gasteiger partial charge < -0.3 is 21.1 Å². The SMILES string of the molecule is CC(C)(C)C(CC(=O)O)NC(=O)NCCC(=O)NC1CC1. The van der Waals surface area contributed by atoms with Crippen LogP contribution in [0.2, 0.25) is 0 Å². The normalized spacial score (nSPS) is 16.0. The number of rotatable bonds is 7. The summed E-state index contributed by atoms with van der Waals surface area (Å²) >= 11 is 0. The van der Waals surface area contributed by atoms with Crippen molar-refractivity contribution in [2.45, 2.75) is 58.5 Å². The van der Waals surface area contributed by atoms with Crippen LogP contribution in [0.1, 0.15) is 46.5 Å². The molecule has 120 valence electrons. The average Bonchev–Trinajstić information content (AvgIpc) is 3.10. The summed E-state index contributed by atoms with van der Waals surface area (Å²) in [4.78, 5) is 34.0. The standard InChI is InChI=1S/C14H25N3O4/c1-14(2,3)10(8-12(19)20)17-13(21)15-7-6-11(18)16-9-4-5-9/h9-10H,4-8H2,1-3H3,(H,16,18)(H,19,20)(H2,15,17,21). The molecule has 4 N–H and O–H groups in total. The van der Waals surface area contributed by atoms with Gasteiger partial charge >= 0.3 is 12.0 Å². The van der Waals surface area contributed by atoms with Crippen molar-refractivity contribution in [3.8, 4) is 0 Å². The second-order valence-corrected chi connectivity index (χ2v) is 6.51. The van der Waals surface area contributed by atoms with Crippen LogP contribution in [0, 0.1) is 5.41 Å². The molecule has 0 radical (unpaired) electrons. The van der Waals surface area contributed by atoms with Crippen LogP contribution in [-0.4, -0.2) is 41.6 Å². The summed E-state index contributed by atoms with van der Waals surface area (Å²) < 4.78 is 0. The summed E-state index contributed by atoms with van der Waals surface area (Å²) in [6.45, 7) is 5.83. The third kappa shape index (κ3) is 7.53. The number of hydrogen-bond donors (Lipinski definition) is 4. The van der Waals surface area contributed by atoms with E-state index >= 15 is 0 Å². The van der Waals surface area contributed by atoms with E-state index in [0.29, 0.717) is 6.04 Å². The zero-order valence-electron chi connectivity index (χ0n) is 12.9. The van der Waals surface area contributed by atoms with E-state index in [-0.39, 0.29) is 30.7 Å². The second kappa shape index (κ2) is 7.28. The van der Waals surface area contributed by atoms with Gasteiger partial charge in [0, 0.05) is 25.0 Å². The molecule has 1 aliphatic rings. The van der Waals surface area contributed by atoms with Gasteiger partial charge in [-0.2, -0.15) is 0 Å². The number of carboxylic acids is 1. The van der Waals surface area contributed by atoms with Crippen molar-refractivity contribution in [2.75, 3.05) is 6.54 Å². The molecule has 0 aromatic heterocycles. The first-order valence-electron chi connectivity index (χ1n) is 7.24. The predicted octanol–water partition coefficient (Wildman–Crippen LogP) is 0.844. The highest BCUT2D eigenvalue weighted by Gasteiger charge is 2.28. The molecule has 7 heteroatoms. The lowest BCUT2D eigenvalue weighted by molar-refractivity contribution is -0.138. The van der Waals surface area contributed by atoms with E-state index in [2.05, 4.69) is 16.0 Å². The fraction of sp³-hybridized carbons (Fsp3) is 0.786. The number of carbonyl (C=O) groups is 3. The molecule has 0 saturated heterocycles. The molecule has 0 aromatic carbocycles. The Morgan fingerprint density at radius 1 is 1.24 bits per heavy atom. The molecule has 1 atom stereocenters. The number of carbonyl (C=O) groups excluding carboxylic acids is 2. The van der Waals surface area contributed by atoms with Crippen molar-refractivity contribution >= 4 is 17.9 Å². The Kier molecular flexibility index (Phi) is 5.99. The maximum Gasteiger partial charge on any atom is 0.315 e. The highest BCUT2D eigenvalue weighted by molar-refractivity contribution is 5.79. The minimum Gasteiger partial charge on any atom is -0.481 e. The first-order chi connectivity index (χ1) is 9.68. The average molecular weight is 299 g/mol. The van der Waals surface area contributed by atoms with Gasteiger partial charge in [-0.1, -0.05) is 20.8 Å². The molecule has 1 saturated carbocycles. The maximum absolute atomic E-state index is 11.8. The molecule has 0 aromatic rings. The van der Waals surface area contributed by atoms with Gasteiger partial charge in [-0.3, -0.25) is 9.59 Å². The molecular formula is C14H25N3O4. The van der Waals surface area contributed by atoms with Crippen molar-refractivity contribution in [2.24, 2.45) is 5.41 Å². The number of amides is 3. The topological polar surface area (TPSA) is 108 Å². The summed E-state index contributed by atoms with van der Waals surface area (Å²) in [5.74, 6) is -1.03. The second-order valence-electron chi connectivity index (χ2n) is 6.51. The molecule has 1 rings (SSSR count). The van der Waals surface area contributed by atoms with Crippen molar-refractivity contribution < 1.29 is 19.5 Å². The molecule has 0 spiro atoms. The van der Waals surface area contributed by atoms with Gasteiger partial charge in [0.1, 0.15) is 0 Å². The Bertz CT molecular complexity index is 400. The number of aliphatic carboxylic acids is 1. The van der Waals surface area contributed by atoms with Crippen LogP contribution in [-0.2, 0) is 9.59 Å². The molecule has 7 nitrogen and oxygen atoms in total. The third-order valence-electron chi connectivity index (χ3n) is 3.31. The predicted molar refractivity (Wildman–Crippen MR) is 77.8 cm³/mol. The van der Waals surface area contributed by atoms with Crippen LogP contribution in [0.5, 0.6) is 0 Å². The number of carboxylic acid groups (broad SMARTS) is 1. The van der Waals surface area contributed by atoms with Crippen molar-refractivity contribution in [1.29, 1.82) is 0 Å². The summed E-state index contributed by atoms with van der Waals surface area (Å²) in [5, 5.41) is 16.9. The summed E-state index contributed by atoms with van der Waals surface area (Å²) in [6, 6.07) is -0.613. The van der Waals surface area contributed by atoms with Gasteiger partial charge in [0.15, 0.2) is 0 Å². The molecule has 1 aliphatic carbocycles. The lowest BCUT2D eigenvalue weighted by atomic mass is 9.85. The summed E-state index contributed by atoms with van der Waals surface area (Å²) in [5.41, 5.74) is -0.362. The quantitative estimate of drug-likeness (QED) is 0.559. The Labute approximate surface area is 124 Å². The van der Waals surface area contributed by atoms with Crippen LogP contribution in [0.3, 0.4) is 0 Å². The van der Waals surface area contributed by atoms with Gasteiger partial charge in [0.2, 0.25) is 5.91 Å². The van der Waals surface area contributed by atoms with E-state index in [1.54, 1.807) is 0 Å². The molecule has 0 heterocycles. The Hall–Kier alpha value is -1.79. The van der Waals surface area contributed by atoms with Crippen LogP contribution in [0.15, 0.2) is 0 Å². The largest absolute Gasteiger partial charge is 0.481 e. The third-order valence-corrected chi connectivity index (χ3v) is 3.31. The Morgan fingerprint density at radius 2 is 1.86 bits per heavy atom. The number of nitrogens with one attached hydrogen (secondary N) is 3. The van der Waals surface area contributed by atoms with Gasteiger partial charge in [-0.15, -0.1) is 0 Å². The highest BCUT2D eigenvalue weighted by atomic mass is 16.4. The monoisotopic (exact) mass is 299 g/mol. The molecule has 21 heavy (non-hydrogen) atoms. The van der Waals surface area contributed by atoms with Crippen molar-refractivity contribution in [1.82, 2.24) is 16.0 Å². The van der Waals surface area contributed by atoms with E-state index in [4.69, 9.17) is 5.11 Å². The first-order valence-corrected chi connectivity index (χ1v) is 7.24. The smallest absolute Gasteiger partial charge is 0.315 e. The van der Waals surface area contributed by atoms with E-state index in [1.807, 2.05) is 20.8 Å². The first kappa shape index (κ1) is 17.3. The fourth-order valence-electron chi connectivity index (χ4n) is 1.77. The fourth-order valence-corrected chi connectivity index (χ4v) is 1.77. The zero-order chi connectivity index (χ0) is 16.0. The lowest BCUT2D eigenvalue weighted by Gasteiger charge is -2.30. The molecule has 1 fully saturated rings. The van der Waals surface area contributed by atoms with Crippen LogP contribution in [0.4, 0.5) is 4.79 Å². The molecule has 0 aliphatic heterocycles. The molecule has 3 amide bonds. The Balaban J connectivity index is 2.28. The maximum atomic E-state index is 11.8. The van der Waals surface area contributed by atoms with Gasteiger partial charge in [0.05, 0.1) is 6.42 Å². The Morgan fingerprint density at radius 3 is 2.33 bits per heavy atom. The van der Waals surface area contributed by atoms with Gasteiger partial charge in [-0.05, 0) is 18.3 Å². The van der Waals surface area contributed by atoms with Crippen LogP contribution in [0.25, 0.3) is 0 Å². The molecule has 0 bridgehead atoms. The lowest BCUT2D eigenvalue weighted by Crippen LogP contribution is -2.49. The number of urea groups is 1.